The second-order valence-electron chi connectivity index (χ2n) is 3.95. The van der Waals surface area contributed by atoms with Crippen molar-refractivity contribution in [2.45, 2.75) is 18.9 Å². The number of nitrogens with two attached hydrogens (primary N) is 1. The van der Waals surface area contributed by atoms with E-state index in [9.17, 15) is 4.79 Å². The monoisotopic (exact) mass is 221 g/mol. The van der Waals surface area contributed by atoms with Crippen LogP contribution < -0.4 is 5.73 Å². The molecular weight excluding hydrogens is 206 g/mol. The van der Waals surface area contributed by atoms with Crippen molar-refractivity contribution in [1.29, 1.82) is 0 Å². The molecule has 0 aliphatic carbocycles. The molecule has 0 bridgehead atoms. The number of nitrogens with zero attached hydrogens (tertiary/aromatic N) is 2. The lowest BCUT2D eigenvalue weighted by atomic mass is 10.2. The summed E-state index contributed by atoms with van der Waals surface area (Å²) in [7, 11) is 0. The van der Waals surface area contributed by atoms with Crippen molar-refractivity contribution in [1.82, 2.24) is 9.88 Å². The van der Waals surface area contributed by atoms with Gasteiger partial charge in [-0.1, -0.05) is 0 Å². The number of amides is 1. The van der Waals surface area contributed by atoms with E-state index in [1.807, 2.05) is 0 Å². The maximum Gasteiger partial charge on any atom is 0.255 e. The summed E-state index contributed by atoms with van der Waals surface area (Å²) in [4.78, 5) is 17.7. The third kappa shape index (κ3) is 1.99. The number of rotatable bonds is 2. The van der Waals surface area contributed by atoms with Gasteiger partial charge in [0.05, 0.1) is 18.2 Å². The Balaban J connectivity index is 2.15. The molecule has 5 nitrogen and oxygen atoms in total. The van der Waals surface area contributed by atoms with Crippen LogP contribution in [0.3, 0.4) is 0 Å². The van der Waals surface area contributed by atoms with Crippen LogP contribution >= 0.6 is 0 Å². The number of nitrogen functional groups attached to an aromatic ring is 1. The van der Waals surface area contributed by atoms with Crippen LogP contribution in [0.2, 0.25) is 0 Å². The predicted molar refractivity (Wildman–Crippen MR) is 59.8 cm³/mol. The van der Waals surface area contributed by atoms with Crippen LogP contribution in [0, 0.1) is 0 Å². The molecule has 1 amide bonds. The Morgan fingerprint density at radius 1 is 1.62 bits per heavy atom. The van der Waals surface area contributed by atoms with Crippen LogP contribution in [0.4, 0.5) is 5.82 Å². The summed E-state index contributed by atoms with van der Waals surface area (Å²) in [5.41, 5.74) is 5.98. The van der Waals surface area contributed by atoms with Crippen LogP contribution in [0.15, 0.2) is 18.3 Å². The second-order valence-corrected chi connectivity index (χ2v) is 3.95. The molecule has 1 aliphatic heterocycles. The third-order valence-electron chi connectivity index (χ3n) is 2.88. The standard InChI is InChI=1S/C11H15N3O2/c12-10-4-3-8(6-13-10)11(16)14-5-1-2-9(14)7-15/h3-4,6,9,15H,1-2,5,7H2,(H2,12,13). The van der Waals surface area contributed by atoms with Gasteiger partial charge in [-0.15, -0.1) is 0 Å². The Morgan fingerprint density at radius 2 is 2.44 bits per heavy atom. The number of pyridine rings is 1. The third-order valence-corrected chi connectivity index (χ3v) is 2.88. The maximum atomic E-state index is 12.1. The van der Waals surface area contributed by atoms with E-state index < -0.39 is 0 Å². The summed E-state index contributed by atoms with van der Waals surface area (Å²) in [6.07, 6.45) is 3.29. The fourth-order valence-electron chi connectivity index (χ4n) is 1.99. The van der Waals surface area contributed by atoms with Gasteiger partial charge in [0.15, 0.2) is 0 Å². The van der Waals surface area contributed by atoms with E-state index in [1.54, 1.807) is 17.0 Å². The average Bonchev–Trinajstić information content (AvgIpc) is 2.77. The molecule has 2 heterocycles. The first-order chi connectivity index (χ1) is 7.72. The van der Waals surface area contributed by atoms with Crippen molar-refractivity contribution in [3.05, 3.63) is 23.9 Å². The number of anilines is 1. The largest absolute Gasteiger partial charge is 0.394 e. The molecule has 1 saturated heterocycles. The lowest BCUT2D eigenvalue weighted by Gasteiger charge is -2.22. The van der Waals surface area contributed by atoms with E-state index in [2.05, 4.69) is 4.98 Å². The van der Waals surface area contributed by atoms with Crippen LogP contribution in [-0.4, -0.2) is 40.1 Å². The molecule has 86 valence electrons. The number of aliphatic hydroxyl groups excluding tert-OH is 1. The van der Waals surface area contributed by atoms with E-state index in [0.29, 0.717) is 17.9 Å². The zero-order chi connectivity index (χ0) is 11.5. The molecule has 16 heavy (non-hydrogen) atoms. The zero-order valence-electron chi connectivity index (χ0n) is 8.97. The van der Waals surface area contributed by atoms with Crippen molar-refractivity contribution >= 4 is 11.7 Å². The zero-order valence-corrected chi connectivity index (χ0v) is 8.97. The lowest BCUT2D eigenvalue weighted by Crippen LogP contribution is -2.37. The highest BCUT2D eigenvalue weighted by molar-refractivity contribution is 5.94. The number of carbonyl (C=O) groups is 1. The van der Waals surface area contributed by atoms with E-state index in [0.717, 1.165) is 12.8 Å². The van der Waals surface area contributed by atoms with E-state index in [1.165, 1.54) is 6.20 Å². The smallest absolute Gasteiger partial charge is 0.255 e. The lowest BCUT2D eigenvalue weighted by molar-refractivity contribution is 0.0677. The second kappa shape index (κ2) is 4.49. The molecular formula is C11H15N3O2. The average molecular weight is 221 g/mol. The number of aromatic nitrogens is 1. The fourth-order valence-corrected chi connectivity index (χ4v) is 1.99. The number of hydrogen-bond donors (Lipinski definition) is 2. The Morgan fingerprint density at radius 3 is 3.06 bits per heavy atom. The molecule has 5 heteroatoms. The van der Waals surface area contributed by atoms with Gasteiger partial charge in [0.25, 0.3) is 5.91 Å². The summed E-state index contributed by atoms with van der Waals surface area (Å²) < 4.78 is 0. The van der Waals surface area contributed by atoms with Gasteiger partial charge in [0.2, 0.25) is 0 Å². The molecule has 3 N–H and O–H groups in total. The maximum absolute atomic E-state index is 12.1. The summed E-state index contributed by atoms with van der Waals surface area (Å²) in [5, 5.41) is 9.15. The molecule has 1 fully saturated rings. The topological polar surface area (TPSA) is 79.5 Å². The first-order valence-corrected chi connectivity index (χ1v) is 5.35. The molecule has 1 aliphatic rings. The minimum Gasteiger partial charge on any atom is -0.394 e. The van der Waals surface area contributed by atoms with E-state index >= 15 is 0 Å². The van der Waals surface area contributed by atoms with E-state index in [-0.39, 0.29) is 18.6 Å². The van der Waals surface area contributed by atoms with Crippen molar-refractivity contribution in [3.8, 4) is 0 Å². The van der Waals surface area contributed by atoms with Crippen molar-refractivity contribution in [3.63, 3.8) is 0 Å². The SMILES string of the molecule is Nc1ccc(C(=O)N2CCCC2CO)cn1. The number of carbonyl (C=O) groups excluding carboxylic acids is 1. The Labute approximate surface area is 93.9 Å². The normalized spacial score (nSPS) is 20.1. The fraction of sp³-hybridized carbons (Fsp3) is 0.455. The van der Waals surface area contributed by atoms with E-state index in [4.69, 9.17) is 10.8 Å². The summed E-state index contributed by atoms with van der Waals surface area (Å²) in [6, 6.07) is 3.22. The van der Waals surface area contributed by atoms with Crippen molar-refractivity contribution in [2.75, 3.05) is 18.9 Å². The number of hydrogen-bond acceptors (Lipinski definition) is 4. The summed E-state index contributed by atoms with van der Waals surface area (Å²) in [6.45, 7) is 0.725. The molecule has 1 atom stereocenters. The van der Waals surface area contributed by atoms with Gasteiger partial charge < -0.3 is 15.7 Å². The van der Waals surface area contributed by atoms with Crippen LogP contribution in [0.25, 0.3) is 0 Å². The van der Waals surface area contributed by atoms with Gasteiger partial charge in [-0.3, -0.25) is 4.79 Å². The summed E-state index contributed by atoms with van der Waals surface area (Å²) >= 11 is 0. The van der Waals surface area contributed by atoms with Gasteiger partial charge in [0, 0.05) is 12.7 Å². The Bertz CT molecular complexity index is 377. The molecule has 1 aromatic rings. The highest BCUT2D eigenvalue weighted by atomic mass is 16.3. The van der Waals surface area contributed by atoms with Gasteiger partial charge in [0.1, 0.15) is 5.82 Å². The molecule has 0 spiro atoms. The molecule has 0 radical (unpaired) electrons. The van der Waals surface area contributed by atoms with Crippen LogP contribution in [-0.2, 0) is 0 Å². The number of likely N-dealkylation sites (tertiary alicyclic amines) is 1. The van der Waals surface area contributed by atoms with Crippen LogP contribution in [0.5, 0.6) is 0 Å². The first kappa shape index (κ1) is 10.9. The van der Waals surface area contributed by atoms with Gasteiger partial charge in [-0.05, 0) is 25.0 Å². The highest BCUT2D eigenvalue weighted by Gasteiger charge is 2.28. The quantitative estimate of drug-likeness (QED) is 0.750. The van der Waals surface area contributed by atoms with Crippen molar-refractivity contribution < 1.29 is 9.90 Å². The van der Waals surface area contributed by atoms with Crippen molar-refractivity contribution in [2.24, 2.45) is 0 Å². The molecule has 2 rings (SSSR count). The molecule has 1 aromatic heterocycles. The van der Waals surface area contributed by atoms with Gasteiger partial charge in [-0.2, -0.15) is 0 Å². The summed E-state index contributed by atoms with van der Waals surface area (Å²) in [5.74, 6) is 0.320. The molecule has 1 unspecified atom stereocenters. The van der Waals surface area contributed by atoms with Crippen LogP contribution in [0.1, 0.15) is 23.2 Å². The minimum absolute atomic E-state index is 0.0220. The Kier molecular flexibility index (Phi) is 3.05. The highest BCUT2D eigenvalue weighted by Crippen LogP contribution is 2.19. The Hall–Kier alpha value is -1.62. The molecule has 0 aromatic carbocycles. The first-order valence-electron chi connectivity index (χ1n) is 5.35. The molecule has 0 saturated carbocycles. The number of aliphatic hydroxyl groups is 1. The van der Waals surface area contributed by atoms with Gasteiger partial charge in [-0.25, -0.2) is 4.98 Å². The predicted octanol–water partition coefficient (Wildman–Crippen LogP) is 0.261. The van der Waals surface area contributed by atoms with Gasteiger partial charge >= 0.3 is 0 Å². The minimum atomic E-state index is -0.0796.